The average Bonchev–Trinajstić information content (AvgIpc) is 3.28. The Kier molecular flexibility index (Phi) is 5.47. The monoisotopic (exact) mass is 443 g/mol. The Hall–Kier alpha value is -3.66. The van der Waals surface area contributed by atoms with E-state index >= 15 is 0 Å². The molecule has 3 amide bonds. The van der Waals surface area contributed by atoms with Gasteiger partial charge in [0, 0.05) is 5.69 Å². The molecule has 160 valence electrons. The number of fused-ring (bicyclic) bond motifs is 1. The van der Waals surface area contributed by atoms with Crippen LogP contribution in [0, 0.1) is 0 Å². The number of halogens is 1. The van der Waals surface area contributed by atoms with Crippen LogP contribution in [0.1, 0.15) is 0 Å². The number of anilines is 2. The molecule has 1 N–H and O–H groups in total. The molecule has 0 bridgehead atoms. The van der Waals surface area contributed by atoms with Gasteiger partial charge in [-0.2, -0.15) is 5.11 Å². The lowest BCUT2D eigenvalue weighted by Gasteiger charge is -2.20. The molecule has 4 rings (SSSR count). The number of nitrogens with one attached hydrogen (secondary N) is 1. The molecule has 2 heterocycles. The van der Waals surface area contributed by atoms with Crippen LogP contribution in [0.15, 0.2) is 52.8 Å². The minimum absolute atomic E-state index is 0.260. The van der Waals surface area contributed by atoms with E-state index in [-0.39, 0.29) is 6.54 Å². The fraction of sp³-hybridized carbons (Fsp3) is 0.250. The highest BCUT2D eigenvalue weighted by Gasteiger charge is 2.55. The van der Waals surface area contributed by atoms with Crippen molar-refractivity contribution in [2.24, 2.45) is 10.3 Å². The summed E-state index contributed by atoms with van der Waals surface area (Å²) >= 11 is 6.07. The summed E-state index contributed by atoms with van der Waals surface area (Å²) in [6, 6.07) is 9.35. The van der Waals surface area contributed by atoms with Gasteiger partial charge in [-0.3, -0.25) is 19.4 Å². The van der Waals surface area contributed by atoms with Crippen molar-refractivity contribution < 1.29 is 23.9 Å². The van der Waals surface area contributed by atoms with Crippen molar-refractivity contribution in [2.75, 3.05) is 31.0 Å². The van der Waals surface area contributed by atoms with Crippen LogP contribution in [0.25, 0.3) is 0 Å². The Morgan fingerprint density at radius 1 is 1.10 bits per heavy atom. The fourth-order valence-corrected chi connectivity index (χ4v) is 3.69. The number of nitrogens with zero attached hydrogens (tertiary/aromatic N) is 4. The van der Waals surface area contributed by atoms with E-state index in [4.69, 9.17) is 21.1 Å². The third-order valence-corrected chi connectivity index (χ3v) is 5.23. The van der Waals surface area contributed by atoms with Crippen LogP contribution in [-0.2, 0) is 14.4 Å². The second-order valence-corrected chi connectivity index (χ2v) is 7.21. The molecule has 0 spiro atoms. The Morgan fingerprint density at radius 2 is 1.84 bits per heavy atom. The molecule has 10 nitrogen and oxygen atoms in total. The van der Waals surface area contributed by atoms with Crippen molar-refractivity contribution >= 4 is 40.7 Å². The van der Waals surface area contributed by atoms with Crippen molar-refractivity contribution in [1.82, 2.24) is 5.01 Å². The van der Waals surface area contributed by atoms with Crippen LogP contribution in [0.2, 0.25) is 5.02 Å². The van der Waals surface area contributed by atoms with E-state index < -0.39 is 29.8 Å². The molecule has 0 radical (unpaired) electrons. The maximum absolute atomic E-state index is 13.0. The van der Waals surface area contributed by atoms with Crippen molar-refractivity contribution in [3.63, 3.8) is 0 Å². The maximum Gasteiger partial charge on any atom is 0.263 e. The van der Waals surface area contributed by atoms with E-state index in [1.807, 2.05) is 0 Å². The van der Waals surface area contributed by atoms with Crippen LogP contribution in [0.5, 0.6) is 11.5 Å². The van der Waals surface area contributed by atoms with Gasteiger partial charge in [-0.25, -0.2) is 4.90 Å². The van der Waals surface area contributed by atoms with Gasteiger partial charge >= 0.3 is 0 Å². The number of methoxy groups -OCH3 is 2. The second kappa shape index (κ2) is 8.23. The Balaban J connectivity index is 1.46. The highest BCUT2D eigenvalue weighted by Crippen LogP contribution is 2.32. The van der Waals surface area contributed by atoms with Crippen LogP contribution < -0.4 is 19.7 Å². The zero-order valence-electron chi connectivity index (χ0n) is 16.6. The van der Waals surface area contributed by atoms with Crippen LogP contribution in [-0.4, -0.2) is 55.6 Å². The predicted octanol–water partition coefficient (Wildman–Crippen LogP) is 2.29. The molecule has 1 saturated heterocycles. The van der Waals surface area contributed by atoms with Crippen molar-refractivity contribution in [3.05, 3.63) is 47.5 Å². The van der Waals surface area contributed by atoms with E-state index in [2.05, 4.69) is 15.7 Å². The first-order valence-electron chi connectivity index (χ1n) is 9.25. The zero-order valence-corrected chi connectivity index (χ0v) is 17.4. The van der Waals surface area contributed by atoms with E-state index in [0.717, 1.165) is 4.90 Å². The van der Waals surface area contributed by atoms with Gasteiger partial charge in [0.25, 0.3) is 11.8 Å². The number of rotatable bonds is 6. The number of carbonyl (C=O) groups is 3. The first-order valence-corrected chi connectivity index (χ1v) is 9.63. The highest BCUT2D eigenvalue weighted by molar-refractivity contribution is 6.32. The van der Waals surface area contributed by atoms with Crippen molar-refractivity contribution in [3.8, 4) is 11.5 Å². The molecule has 0 saturated carbocycles. The summed E-state index contributed by atoms with van der Waals surface area (Å²) in [4.78, 5) is 39.2. The van der Waals surface area contributed by atoms with Gasteiger partial charge < -0.3 is 14.8 Å². The summed E-state index contributed by atoms with van der Waals surface area (Å²) < 4.78 is 10.2. The first-order chi connectivity index (χ1) is 14.9. The molecule has 2 aromatic rings. The molecular weight excluding hydrogens is 426 g/mol. The SMILES string of the molecule is COc1ccc(N2C(=O)[C@H]3N=NN(CC(=O)Nc4ccc(OC)c(Cl)c4)[C@@H]3C2=O)cc1. The van der Waals surface area contributed by atoms with Crippen LogP contribution in [0.4, 0.5) is 11.4 Å². The standard InChI is InChI=1S/C20H18ClN5O5/c1-30-13-6-4-12(5-7-13)26-19(28)17-18(20(26)29)25(24-23-17)10-16(27)22-11-3-8-15(31-2)14(21)9-11/h3-9,17-18H,10H2,1-2H3,(H,22,27)/t17-,18-/m0/s1. The minimum Gasteiger partial charge on any atom is -0.497 e. The van der Waals surface area contributed by atoms with Gasteiger partial charge in [0.1, 0.15) is 18.0 Å². The molecule has 0 aromatic heterocycles. The Labute approximate surface area is 182 Å². The summed E-state index contributed by atoms with van der Waals surface area (Å²) in [6.45, 7) is -0.260. The number of hydrogen-bond donors (Lipinski definition) is 1. The quantitative estimate of drug-likeness (QED) is 0.685. The molecule has 0 aliphatic carbocycles. The van der Waals surface area contributed by atoms with Gasteiger partial charge in [0.15, 0.2) is 12.1 Å². The summed E-state index contributed by atoms with van der Waals surface area (Å²) in [5, 5.41) is 12.0. The van der Waals surface area contributed by atoms with Gasteiger partial charge in [-0.15, -0.1) is 0 Å². The Morgan fingerprint density at radius 3 is 2.48 bits per heavy atom. The summed E-state index contributed by atoms with van der Waals surface area (Å²) in [7, 11) is 3.01. The smallest absolute Gasteiger partial charge is 0.263 e. The molecule has 0 unspecified atom stereocenters. The van der Waals surface area contributed by atoms with E-state index in [1.54, 1.807) is 42.5 Å². The summed E-state index contributed by atoms with van der Waals surface area (Å²) in [5.41, 5.74) is 0.856. The van der Waals surface area contributed by atoms with Crippen LogP contribution in [0.3, 0.4) is 0 Å². The number of ether oxygens (including phenoxy) is 2. The van der Waals surface area contributed by atoms with Crippen LogP contribution >= 0.6 is 11.6 Å². The van der Waals surface area contributed by atoms with Gasteiger partial charge in [0.2, 0.25) is 5.91 Å². The topological polar surface area (TPSA) is 113 Å². The third-order valence-electron chi connectivity index (χ3n) is 4.93. The van der Waals surface area contributed by atoms with E-state index in [0.29, 0.717) is 27.9 Å². The van der Waals surface area contributed by atoms with Crippen molar-refractivity contribution in [2.45, 2.75) is 12.1 Å². The lowest BCUT2D eigenvalue weighted by Crippen LogP contribution is -2.43. The number of carbonyl (C=O) groups excluding carboxylic acids is 3. The molecule has 11 heteroatoms. The number of imide groups is 1. The lowest BCUT2D eigenvalue weighted by atomic mass is 10.1. The molecule has 2 aliphatic rings. The summed E-state index contributed by atoms with van der Waals surface area (Å²) in [6.07, 6.45) is 0. The molecule has 2 aromatic carbocycles. The predicted molar refractivity (Wildman–Crippen MR) is 111 cm³/mol. The van der Waals surface area contributed by atoms with Gasteiger partial charge in [0.05, 0.1) is 24.9 Å². The van der Waals surface area contributed by atoms with Gasteiger partial charge in [-0.05, 0) is 42.5 Å². The minimum atomic E-state index is -0.988. The molecule has 2 atom stereocenters. The number of hydrogen-bond acceptors (Lipinski definition) is 8. The molecule has 2 aliphatic heterocycles. The highest BCUT2D eigenvalue weighted by atomic mass is 35.5. The number of amides is 3. The zero-order chi connectivity index (χ0) is 22.1. The lowest BCUT2D eigenvalue weighted by molar-refractivity contribution is -0.123. The average molecular weight is 444 g/mol. The van der Waals surface area contributed by atoms with Crippen molar-refractivity contribution in [1.29, 1.82) is 0 Å². The first kappa shape index (κ1) is 20.6. The van der Waals surface area contributed by atoms with E-state index in [1.165, 1.54) is 19.2 Å². The molecule has 31 heavy (non-hydrogen) atoms. The van der Waals surface area contributed by atoms with Gasteiger partial charge in [-0.1, -0.05) is 16.8 Å². The fourth-order valence-electron chi connectivity index (χ4n) is 3.43. The maximum atomic E-state index is 13.0. The largest absolute Gasteiger partial charge is 0.497 e. The molecule has 1 fully saturated rings. The Bertz CT molecular complexity index is 1070. The normalized spacial score (nSPS) is 19.6. The third kappa shape index (κ3) is 3.77. The van der Waals surface area contributed by atoms with E-state index in [9.17, 15) is 14.4 Å². The molecular formula is C20H18ClN5O5. The summed E-state index contributed by atoms with van der Waals surface area (Å²) in [5.74, 6) is -0.354. The second-order valence-electron chi connectivity index (χ2n) is 6.80. The number of benzene rings is 2.